The highest BCUT2D eigenvalue weighted by Gasteiger charge is 2.18. The number of aliphatic carboxylic acids is 1. The first-order valence-corrected chi connectivity index (χ1v) is 4.02. The molecule has 70 valence electrons. The van der Waals surface area contributed by atoms with Crippen molar-refractivity contribution < 1.29 is 14.7 Å². The largest absolute Gasteiger partial charge is 0.480 e. The highest BCUT2D eigenvalue weighted by molar-refractivity contribution is 5.84. The fourth-order valence-corrected chi connectivity index (χ4v) is 0.677. The average Bonchev–Trinajstić information content (AvgIpc) is 1.98. The molecule has 0 spiro atoms. The van der Waals surface area contributed by atoms with Crippen LogP contribution in [0.4, 0.5) is 0 Å². The van der Waals surface area contributed by atoms with Gasteiger partial charge in [-0.1, -0.05) is 20.8 Å². The summed E-state index contributed by atoms with van der Waals surface area (Å²) in [5, 5.41) is 11.0. The second-order valence-corrected chi connectivity index (χ2v) is 2.96. The summed E-state index contributed by atoms with van der Waals surface area (Å²) in [5.74, 6) is -1.37. The lowest BCUT2D eigenvalue weighted by Crippen LogP contribution is -2.42. The van der Waals surface area contributed by atoms with E-state index in [4.69, 9.17) is 5.11 Å². The number of carbonyl (C=O) groups is 2. The zero-order chi connectivity index (χ0) is 9.72. The van der Waals surface area contributed by atoms with Gasteiger partial charge in [0.15, 0.2) is 0 Å². The van der Waals surface area contributed by atoms with E-state index in [2.05, 4.69) is 5.32 Å². The average molecular weight is 173 g/mol. The minimum atomic E-state index is -0.980. The van der Waals surface area contributed by atoms with E-state index in [9.17, 15) is 9.59 Å². The minimum Gasteiger partial charge on any atom is -0.480 e. The van der Waals surface area contributed by atoms with E-state index in [1.54, 1.807) is 20.8 Å². The molecule has 0 saturated heterocycles. The first-order valence-electron chi connectivity index (χ1n) is 4.02. The van der Waals surface area contributed by atoms with Crippen molar-refractivity contribution in [2.45, 2.75) is 33.2 Å². The van der Waals surface area contributed by atoms with Crippen LogP contribution >= 0.6 is 0 Å². The molecule has 0 bridgehead atoms. The van der Waals surface area contributed by atoms with Crippen LogP contribution in [0.3, 0.4) is 0 Å². The van der Waals surface area contributed by atoms with Crippen LogP contribution in [-0.2, 0) is 9.59 Å². The van der Waals surface area contributed by atoms with Crippen molar-refractivity contribution in [2.75, 3.05) is 0 Å². The maximum atomic E-state index is 11.0. The molecular formula is C8H15NO3. The smallest absolute Gasteiger partial charge is 0.326 e. The number of hydrogen-bond acceptors (Lipinski definition) is 2. The van der Waals surface area contributed by atoms with Gasteiger partial charge >= 0.3 is 5.97 Å². The van der Waals surface area contributed by atoms with Crippen LogP contribution in [0.1, 0.15) is 27.2 Å². The van der Waals surface area contributed by atoms with Crippen LogP contribution in [0.25, 0.3) is 0 Å². The quantitative estimate of drug-likeness (QED) is 0.655. The normalized spacial score (nSPS) is 12.7. The summed E-state index contributed by atoms with van der Waals surface area (Å²) < 4.78 is 0. The fraction of sp³-hybridized carbons (Fsp3) is 0.750. The van der Waals surface area contributed by atoms with E-state index in [1.165, 1.54) is 0 Å². The van der Waals surface area contributed by atoms with Gasteiger partial charge in [-0.05, 0) is 6.42 Å². The molecule has 0 fully saturated rings. The molecular weight excluding hydrogens is 158 g/mol. The molecule has 4 heteroatoms. The SMILES string of the molecule is CC[C@H](NC(=O)C(C)C)C(=O)O. The lowest BCUT2D eigenvalue weighted by atomic mass is 10.1. The molecule has 1 atom stereocenters. The van der Waals surface area contributed by atoms with Crippen molar-refractivity contribution in [3.8, 4) is 0 Å². The van der Waals surface area contributed by atoms with Gasteiger partial charge in [0, 0.05) is 5.92 Å². The summed E-state index contributed by atoms with van der Waals surface area (Å²) in [6.45, 7) is 5.17. The molecule has 1 amide bonds. The number of carboxylic acid groups (broad SMARTS) is 1. The van der Waals surface area contributed by atoms with Crippen molar-refractivity contribution in [1.82, 2.24) is 5.32 Å². The van der Waals surface area contributed by atoms with Crippen LogP contribution in [0.15, 0.2) is 0 Å². The molecule has 0 aliphatic rings. The van der Waals surface area contributed by atoms with Crippen LogP contribution in [-0.4, -0.2) is 23.0 Å². The third-order valence-corrected chi connectivity index (χ3v) is 1.55. The molecule has 0 aromatic carbocycles. The molecule has 4 nitrogen and oxygen atoms in total. The van der Waals surface area contributed by atoms with E-state index in [0.717, 1.165) is 0 Å². The monoisotopic (exact) mass is 173 g/mol. The van der Waals surface area contributed by atoms with Crippen LogP contribution in [0.5, 0.6) is 0 Å². The number of amides is 1. The van der Waals surface area contributed by atoms with Gasteiger partial charge < -0.3 is 10.4 Å². The second-order valence-electron chi connectivity index (χ2n) is 2.96. The lowest BCUT2D eigenvalue weighted by Gasteiger charge is -2.13. The van der Waals surface area contributed by atoms with Gasteiger partial charge in [-0.3, -0.25) is 4.79 Å². The van der Waals surface area contributed by atoms with Crippen LogP contribution in [0, 0.1) is 5.92 Å². The Bertz CT molecular complexity index is 177. The number of rotatable bonds is 4. The minimum absolute atomic E-state index is 0.168. The Hall–Kier alpha value is -1.06. The summed E-state index contributed by atoms with van der Waals surface area (Å²) in [4.78, 5) is 21.5. The molecule has 0 rings (SSSR count). The summed E-state index contributed by atoms with van der Waals surface area (Å²) in [7, 11) is 0. The van der Waals surface area contributed by atoms with Crippen molar-refractivity contribution in [3.63, 3.8) is 0 Å². The Kier molecular flexibility index (Phi) is 4.33. The molecule has 0 aliphatic heterocycles. The predicted molar refractivity (Wildman–Crippen MR) is 44.7 cm³/mol. The van der Waals surface area contributed by atoms with Crippen molar-refractivity contribution in [3.05, 3.63) is 0 Å². The van der Waals surface area contributed by atoms with E-state index >= 15 is 0 Å². The molecule has 2 N–H and O–H groups in total. The maximum Gasteiger partial charge on any atom is 0.326 e. The van der Waals surface area contributed by atoms with Crippen LogP contribution < -0.4 is 5.32 Å². The standard InChI is InChI=1S/C8H15NO3/c1-4-6(8(11)12)9-7(10)5(2)3/h5-6H,4H2,1-3H3,(H,9,10)(H,11,12)/t6-/m0/s1. The van der Waals surface area contributed by atoms with E-state index < -0.39 is 12.0 Å². The summed E-state index contributed by atoms with van der Waals surface area (Å²) in [6, 6.07) is -0.750. The van der Waals surface area contributed by atoms with Gasteiger partial charge in [0.05, 0.1) is 0 Å². The molecule has 0 aromatic heterocycles. The molecule has 0 radical (unpaired) electrons. The third-order valence-electron chi connectivity index (χ3n) is 1.55. The number of hydrogen-bond donors (Lipinski definition) is 2. The summed E-state index contributed by atoms with van der Waals surface area (Å²) in [5.41, 5.74) is 0. The Morgan fingerprint density at radius 1 is 1.42 bits per heavy atom. The number of carboxylic acids is 1. The zero-order valence-electron chi connectivity index (χ0n) is 7.63. The Balaban J connectivity index is 4.03. The lowest BCUT2D eigenvalue weighted by molar-refractivity contribution is -0.142. The van der Waals surface area contributed by atoms with Gasteiger partial charge in [-0.15, -0.1) is 0 Å². The van der Waals surface area contributed by atoms with Gasteiger partial charge in [-0.25, -0.2) is 4.79 Å². The topological polar surface area (TPSA) is 66.4 Å². The molecule has 0 saturated carbocycles. The Morgan fingerprint density at radius 3 is 2.17 bits per heavy atom. The molecule has 12 heavy (non-hydrogen) atoms. The van der Waals surface area contributed by atoms with Gasteiger partial charge in [0.1, 0.15) is 6.04 Å². The third kappa shape index (κ3) is 3.37. The first kappa shape index (κ1) is 10.9. The number of nitrogens with one attached hydrogen (secondary N) is 1. The van der Waals surface area contributed by atoms with E-state index in [-0.39, 0.29) is 11.8 Å². The van der Waals surface area contributed by atoms with Gasteiger partial charge in [0.25, 0.3) is 0 Å². The van der Waals surface area contributed by atoms with Gasteiger partial charge in [-0.2, -0.15) is 0 Å². The highest BCUT2D eigenvalue weighted by Crippen LogP contribution is 1.96. The Morgan fingerprint density at radius 2 is 1.92 bits per heavy atom. The summed E-state index contributed by atoms with van der Waals surface area (Å²) >= 11 is 0. The summed E-state index contributed by atoms with van der Waals surface area (Å²) in [6.07, 6.45) is 0.411. The zero-order valence-corrected chi connectivity index (χ0v) is 7.63. The van der Waals surface area contributed by atoms with Gasteiger partial charge in [0.2, 0.25) is 5.91 Å². The van der Waals surface area contributed by atoms with Crippen LogP contribution in [0.2, 0.25) is 0 Å². The highest BCUT2D eigenvalue weighted by atomic mass is 16.4. The molecule has 0 aromatic rings. The van der Waals surface area contributed by atoms with Crippen molar-refractivity contribution >= 4 is 11.9 Å². The van der Waals surface area contributed by atoms with E-state index in [1.807, 2.05) is 0 Å². The molecule has 0 aliphatic carbocycles. The number of carbonyl (C=O) groups excluding carboxylic acids is 1. The van der Waals surface area contributed by atoms with Crippen molar-refractivity contribution in [1.29, 1.82) is 0 Å². The second kappa shape index (κ2) is 4.74. The van der Waals surface area contributed by atoms with E-state index in [0.29, 0.717) is 6.42 Å². The Labute approximate surface area is 72.0 Å². The van der Waals surface area contributed by atoms with Crippen molar-refractivity contribution in [2.24, 2.45) is 5.92 Å². The molecule has 0 heterocycles. The molecule has 0 unspecified atom stereocenters. The fourth-order valence-electron chi connectivity index (χ4n) is 0.677. The predicted octanol–water partition coefficient (Wildman–Crippen LogP) is 0.622. The maximum absolute atomic E-state index is 11.0. The first-order chi connectivity index (χ1) is 5.49.